The van der Waals surface area contributed by atoms with Gasteiger partial charge in [-0.1, -0.05) is 0 Å². The number of H-pyrrole nitrogens is 1. The number of nitrogen functional groups attached to an aromatic ring is 1. The quantitative estimate of drug-likeness (QED) is 0.332. The second kappa shape index (κ2) is 5.83. The van der Waals surface area contributed by atoms with E-state index in [1.807, 2.05) is 4.98 Å². The van der Waals surface area contributed by atoms with Crippen LogP contribution < -0.4 is 21.7 Å². The van der Waals surface area contributed by atoms with E-state index in [-0.39, 0.29) is 17.1 Å². The normalized spacial score (nSPS) is 10.5. The summed E-state index contributed by atoms with van der Waals surface area (Å²) in [5, 5.41) is 11.8. The topological polar surface area (TPSA) is 125 Å². The van der Waals surface area contributed by atoms with Gasteiger partial charge in [-0.25, -0.2) is 4.79 Å². The monoisotopic (exact) mass is 308 g/mol. The lowest BCUT2D eigenvalue weighted by atomic mass is 10.2. The first-order valence-corrected chi connectivity index (χ1v) is 6.83. The van der Waals surface area contributed by atoms with Gasteiger partial charge < -0.3 is 10.9 Å². The molecule has 2 aromatic rings. The Morgan fingerprint density at radius 3 is 2.86 bits per heavy atom. The number of carbonyl (C=O) groups excluding carboxylic acids is 1. The number of ketones is 1. The number of carbonyl (C=O) groups is 1. The molecule has 2 rings (SSSR count). The lowest BCUT2D eigenvalue weighted by Gasteiger charge is -2.07. The molecule has 0 fully saturated rings. The van der Waals surface area contributed by atoms with Crippen molar-refractivity contribution in [3.05, 3.63) is 56.0 Å². The van der Waals surface area contributed by atoms with Crippen molar-refractivity contribution in [2.45, 2.75) is 5.03 Å². The second-order valence-corrected chi connectivity index (χ2v) is 5.15. The molecular weight excluding hydrogens is 296 g/mol. The molecule has 2 heterocycles. The third-order valence-electron chi connectivity index (χ3n) is 2.79. The molecule has 2 aromatic heterocycles. The first kappa shape index (κ1) is 14.9. The minimum Gasteiger partial charge on any atom is -0.618 e. The molecule has 0 amide bonds. The van der Waals surface area contributed by atoms with Gasteiger partial charge in [-0.15, -0.1) is 0 Å². The number of nitrogens with zero attached hydrogens (tertiary/aromatic N) is 2. The summed E-state index contributed by atoms with van der Waals surface area (Å²) in [6.07, 6.45) is 1.31. The van der Waals surface area contributed by atoms with Gasteiger partial charge in [0.1, 0.15) is 11.4 Å². The number of nitrogens with one attached hydrogen (secondary N) is 1. The predicted molar refractivity (Wildman–Crippen MR) is 77.2 cm³/mol. The van der Waals surface area contributed by atoms with Gasteiger partial charge in [-0.3, -0.25) is 19.1 Å². The molecule has 0 saturated heterocycles. The first-order valence-electron chi connectivity index (χ1n) is 5.84. The second-order valence-electron chi connectivity index (χ2n) is 4.16. The number of anilines is 1. The average Bonchev–Trinajstić information content (AvgIpc) is 2.44. The third kappa shape index (κ3) is 2.97. The Kier molecular flexibility index (Phi) is 4.13. The van der Waals surface area contributed by atoms with E-state index in [1.54, 1.807) is 18.2 Å². The number of hydrogen-bond donors (Lipinski definition) is 2. The fourth-order valence-electron chi connectivity index (χ4n) is 1.64. The Hall–Kier alpha value is -2.55. The Bertz CT molecular complexity index is 812. The van der Waals surface area contributed by atoms with E-state index in [4.69, 9.17) is 5.73 Å². The number of aromatic amines is 1. The molecule has 0 aliphatic rings. The number of thioether (sulfide) groups is 1. The van der Waals surface area contributed by atoms with Gasteiger partial charge in [0, 0.05) is 19.2 Å². The maximum Gasteiger partial charge on any atom is 0.329 e. The fraction of sp³-hybridized carbons (Fsp3) is 0.167. The van der Waals surface area contributed by atoms with Gasteiger partial charge in [0.2, 0.25) is 0 Å². The summed E-state index contributed by atoms with van der Waals surface area (Å²) in [6.45, 7) is 0. The zero-order chi connectivity index (χ0) is 15.6. The van der Waals surface area contributed by atoms with Gasteiger partial charge in [0.05, 0.1) is 5.75 Å². The van der Waals surface area contributed by atoms with Crippen LogP contribution >= 0.6 is 11.8 Å². The first-order chi connectivity index (χ1) is 9.91. The maximum absolute atomic E-state index is 12.1. The Morgan fingerprint density at radius 1 is 1.48 bits per heavy atom. The highest BCUT2D eigenvalue weighted by Gasteiger charge is 2.19. The minimum absolute atomic E-state index is 0.141. The molecule has 3 N–H and O–H groups in total. The van der Waals surface area contributed by atoms with E-state index in [1.165, 1.54) is 13.2 Å². The number of rotatable bonds is 4. The molecule has 0 aliphatic heterocycles. The van der Waals surface area contributed by atoms with Crippen LogP contribution in [0.25, 0.3) is 0 Å². The van der Waals surface area contributed by atoms with Crippen LogP contribution in [-0.4, -0.2) is 21.1 Å². The minimum atomic E-state index is -0.829. The largest absolute Gasteiger partial charge is 0.618 e. The highest BCUT2D eigenvalue weighted by Crippen LogP contribution is 2.15. The Labute approximate surface area is 122 Å². The smallest absolute Gasteiger partial charge is 0.329 e. The SMILES string of the molecule is Cn1c(N)c(C(=O)CSc2cccc[n+]2[O-])c(=O)[nH]c1=O. The van der Waals surface area contributed by atoms with Gasteiger partial charge >= 0.3 is 5.69 Å². The van der Waals surface area contributed by atoms with Gasteiger partial charge in [-0.05, 0) is 17.8 Å². The van der Waals surface area contributed by atoms with Gasteiger partial charge in [-0.2, -0.15) is 4.73 Å². The number of aromatic nitrogens is 3. The third-order valence-corrected chi connectivity index (χ3v) is 3.81. The summed E-state index contributed by atoms with van der Waals surface area (Å²) in [4.78, 5) is 37.1. The highest BCUT2D eigenvalue weighted by molar-refractivity contribution is 7.99. The van der Waals surface area contributed by atoms with E-state index in [0.29, 0.717) is 9.76 Å². The van der Waals surface area contributed by atoms with Crippen LogP contribution in [-0.2, 0) is 7.05 Å². The van der Waals surface area contributed by atoms with Crippen molar-refractivity contribution in [1.29, 1.82) is 0 Å². The van der Waals surface area contributed by atoms with Gasteiger partial charge in [0.25, 0.3) is 10.6 Å². The molecule has 0 saturated carbocycles. The molecule has 21 heavy (non-hydrogen) atoms. The predicted octanol–water partition coefficient (Wildman–Crippen LogP) is -0.736. The van der Waals surface area contributed by atoms with Crippen molar-refractivity contribution in [1.82, 2.24) is 9.55 Å². The fourth-order valence-corrected chi connectivity index (χ4v) is 2.43. The summed E-state index contributed by atoms with van der Waals surface area (Å²) in [5.41, 5.74) is 3.83. The van der Waals surface area contributed by atoms with E-state index in [2.05, 4.69) is 0 Å². The lowest BCUT2D eigenvalue weighted by molar-refractivity contribution is -0.645. The summed E-state index contributed by atoms with van der Waals surface area (Å²) >= 11 is 0.983. The molecule has 0 atom stereocenters. The van der Waals surface area contributed by atoms with Gasteiger partial charge in [0.15, 0.2) is 12.0 Å². The maximum atomic E-state index is 12.1. The van der Waals surface area contributed by atoms with Crippen molar-refractivity contribution in [3.63, 3.8) is 0 Å². The lowest BCUT2D eigenvalue weighted by Crippen LogP contribution is -2.35. The van der Waals surface area contributed by atoms with Crippen molar-refractivity contribution < 1.29 is 9.52 Å². The molecule has 0 bridgehead atoms. The molecule has 0 radical (unpaired) electrons. The molecule has 8 nitrogen and oxygen atoms in total. The number of nitrogens with two attached hydrogens (primary N) is 1. The zero-order valence-electron chi connectivity index (χ0n) is 11.0. The van der Waals surface area contributed by atoms with Crippen molar-refractivity contribution >= 4 is 23.4 Å². The number of pyridine rings is 1. The van der Waals surface area contributed by atoms with Crippen LogP contribution in [0.5, 0.6) is 0 Å². The van der Waals surface area contributed by atoms with E-state index >= 15 is 0 Å². The van der Waals surface area contributed by atoms with Crippen molar-refractivity contribution in [3.8, 4) is 0 Å². The van der Waals surface area contributed by atoms with Crippen LogP contribution in [0.3, 0.4) is 0 Å². The molecule has 0 aliphatic carbocycles. The summed E-state index contributed by atoms with van der Waals surface area (Å²) in [5.74, 6) is -0.895. The van der Waals surface area contributed by atoms with Crippen LogP contribution in [0, 0.1) is 5.21 Å². The van der Waals surface area contributed by atoms with Crippen molar-refractivity contribution in [2.24, 2.45) is 7.05 Å². The van der Waals surface area contributed by atoms with Crippen LogP contribution in [0.2, 0.25) is 0 Å². The number of Topliss-reactive ketones (excluding diaryl/α,β-unsaturated/α-hetero) is 1. The summed E-state index contributed by atoms with van der Waals surface area (Å²) in [7, 11) is 1.35. The highest BCUT2D eigenvalue weighted by atomic mass is 32.2. The summed E-state index contributed by atoms with van der Waals surface area (Å²) in [6, 6.07) is 4.78. The average molecular weight is 308 g/mol. The standard InChI is InChI=1S/C12H12N4O4S/c1-15-10(13)9(11(18)14-12(15)19)7(17)6-21-8-4-2-3-5-16(8)20/h2-5H,6,13H2,1H3,(H,14,18,19). The molecular formula is C12H12N4O4S. The van der Waals surface area contributed by atoms with E-state index in [9.17, 15) is 19.6 Å². The molecule has 0 spiro atoms. The Morgan fingerprint density at radius 2 is 2.19 bits per heavy atom. The molecule has 9 heteroatoms. The zero-order valence-corrected chi connectivity index (χ0v) is 11.8. The van der Waals surface area contributed by atoms with E-state index < -0.39 is 17.0 Å². The summed E-state index contributed by atoms with van der Waals surface area (Å²) < 4.78 is 1.60. The number of hydrogen-bond acceptors (Lipinski definition) is 6. The molecule has 0 unspecified atom stereocenters. The van der Waals surface area contributed by atoms with Crippen LogP contribution in [0.4, 0.5) is 5.82 Å². The molecule has 110 valence electrons. The van der Waals surface area contributed by atoms with Crippen LogP contribution in [0.1, 0.15) is 10.4 Å². The molecule has 0 aromatic carbocycles. The van der Waals surface area contributed by atoms with E-state index in [0.717, 1.165) is 16.3 Å². The Balaban J connectivity index is 2.26. The van der Waals surface area contributed by atoms with Crippen LogP contribution in [0.15, 0.2) is 39.0 Å². The van der Waals surface area contributed by atoms with Crippen molar-refractivity contribution in [2.75, 3.05) is 11.5 Å².